The highest BCUT2D eigenvalue weighted by Gasteiger charge is 2.18. The van der Waals surface area contributed by atoms with Crippen molar-refractivity contribution in [2.75, 3.05) is 0 Å². The summed E-state index contributed by atoms with van der Waals surface area (Å²) in [4.78, 5) is 0. The van der Waals surface area contributed by atoms with Crippen molar-refractivity contribution in [2.45, 2.75) is 0 Å². The molecular formula is C44H26N2. The molecule has 11 rings (SSSR count). The maximum atomic E-state index is 2.45. The van der Waals surface area contributed by atoms with Crippen LogP contribution in [0.2, 0.25) is 0 Å². The van der Waals surface area contributed by atoms with E-state index >= 15 is 0 Å². The lowest BCUT2D eigenvalue weighted by Gasteiger charge is -2.11. The standard InChI is InChI=1S/C44H26N2/c1-2-9-32-27(8-1)16-17-30-24-31(20-21-33(30)32)45-40-14-5-4-11-35(40)38-25-28(18-22-42(38)45)29-19-23-43-39(26-29)37-13-7-12-36-34-10-3-6-15-41(34)46(43)44(36)37/h1-26H. The minimum absolute atomic E-state index is 1.18. The lowest BCUT2D eigenvalue weighted by atomic mass is 10.00. The monoisotopic (exact) mass is 582 g/mol. The van der Waals surface area contributed by atoms with Crippen molar-refractivity contribution < 1.29 is 0 Å². The maximum absolute atomic E-state index is 2.45. The summed E-state index contributed by atoms with van der Waals surface area (Å²) in [6.45, 7) is 0. The lowest BCUT2D eigenvalue weighted by Crippen LogP contribution is -1.94. The maximum Gasteiger partial charge on any atom is 0.0620 e. The molecule has 0 aliphatic heterocycles. The van der Waals surface area contributed by atoms with Crippen LogP contribution in [0.1, 0.15) is 0 Å². The van der Waals surface area contributed by atoms with Gasteiger partial charge >= 0.3 is 0 Å². The van der Waals surface area contributed by atoms with Gasteiger partial charge in [0.1, 0.15) is 0 Å². The van der Waals surface area contributed by atoms with E-state index in [1.165, 1.54) is 98.3 Å². The molecular weight excluding hydrogens is 556 g/mol. The van der Waals surface area contributed by atoms with E-state index in [2.05, 4.69) is 167 Å². The zero-order valence-electron chi connectivity index (χ0n) is 24.9. The molecule has 8 aromatic carbocycles. The number of aromatic nitrogens is 2. The van der Waals surface area contributed by atoms with Crippen LogP contribution >= 0.6 is 0 Å². The predicted molar refractivity (Wildman–Crippen MR) is 196 cm³/mol. The van der Waals surface area contributed by atoms with Crippen LogP contribution in [-0.4, -0.2) is 8.97 Å². The predicted octanol–water partition coefficient (Wildman–Crippen LogP) is 11.9. The Hall–Kier alpha value is -6.12. The Labute approximate surface area is 264 Å². The number of para-hydroxylation sites is 3. The van der Waals surface area contributed by atoms with E-state index in [1.807, 2.05) is 0 Å². The Morgan fingerprint density at radius 3 is 1.67 bits per heavy atom. The van der Waals surface area contributed by atoms with Gasteiger partial charge in [-0.3, -0.25) is 0 Å². The molecule has 0 aliphatic carbocycles. The second-order valence-corrected chi connectivity index (χ2v) is 12.6. The van der Waals surface area contributed by atoms with Gasteiger partial charge in [0.05, 0.1) is 27.6 Å². The molecule has 0 N–H and O–H groups in total. The number of benzene rings is 8. The summed E-state index contributed by atoms with van der Waals surface area (Å²) in [7, 11) is 0. The van der Waals surface area contributed by atoms with Gasteiger partial charge in [-0.15, -0.1) is 0 Å². The zero-order chi connectivity index (χ0) is 29.9. The van der Waals surface area contributed by atoms with Crippen molar-refractivity contribution in [1.82, 2.24) is 8.97 Å². The van der Waals surface area contributed by atoms with Crippen LogP contribution in [0.15, 0.2) is 158 Å². The van der Waals surface area contributed by atoms with Crippen LogP contribution in [0.5, 0.6) is 0 Å². The van der Waals surface area contributed by atoms with E-state index in [4.69, 9.17) is 0 Å². The molecule has 2 nitrogen and oxygen atoms in total. The first-order valence-electron chi connectivity index (χ1n) is 15.9. The third kappa shape index (κ3) is 3.10. The molecule has 11 aromatic rings. The summed E-state index contributed by atoms with van der Waals surface area (Å²) in [6.07, 6.45) is 0. The van der Waals surface area contributed by atoms with Crippen LogP contribution in [0.4, 0.5) is 0 Å². The summed E-state index contributed by atoms with van der Waals surface area (Å²) in [6, 6.07) is 58.3. The largest absolute Gasteiger partial charge is 0.309 e. The lowest BCUT2D eigenvalue weighted by molar-refractivity contribution is 1.19. The van der Waals surface area contributed by atoms with Crippen molar-refractivity contribution in [3.63, 3.8) is 0 Å². The Bertz CT molecular complexity index is 3030. The average molecular weight is 583 g/mol. The van der Waals surface area contributed by atoms with Gasteiger partial charge < -0.3 is 8.97 Å². The van der Waals surface area contributed by atoms with Crippen LogP contribution in [0.3, 0.4) is 0 Å². The average Bonchev–Trinajstić information content (AvgIpc) is 3.76. The van der Waals surface area contributed by atoms with Gasteiger partial charge in [0, 0.05) is 38.0 Å². The Morgan fingerprint density at radius 2 is 0.848 bits per heavy atom. The molecule has 0 atom stereocenters. The molecule has 0 spiro atoms. The molecule has 0 saturated carbocycles. The molecule has 3 heterocycles. The topological polar surface area (TPSA) is 9.34 Å². The number of rotatable bonds is 2. The second kappa shape index (κ2) is 8.74. The van der Waals surface area contributed by atoms with E-state index in [0.29, 0.717) is 0 Å². The SMILES string of the molecule is c1ccc2c(c1)ccc1cc(-n3c4ccccc4c4cc(-c5ccc6c(c5)c5cccc7c8ccccc8n6c75)ccc43)ccc12. The molecule has 0 unspecified atom stereocenters. The molecule has 0 aliphatic rings. The second-order valence-electron chi connectivity index (χ2n) is 12.6. The van der Waals surface area contributed by atoms with Crippen LogP contribution in [0.25, 0.3) is 98.3 Å². The van der Waals surface area contributed by atoms with E-state index in [0.717, 1.165) is 0 Å². The van der Waals surface area contributed by atoms with Crippen molar-refractivity contribution >= 4 is 81.4 Å². The van der Waals surface area contributed by atoms with Crippen molar-refractivity contribution in [3.05, 3.63) is 158 Å². The molecule has 3 aromatic heterocycles. The fourth-order valence-electron chi connectivity index (χ4n) is 8.18. The van der Waals surface area contributed by atoms with E-state index in [-0.39, 0.29) is 0 Å². The summed E-state index contributed by atoms with van der Waals surface area (Å²) < 4.78 is 4.87. The Balaban J connectivity index is 1.12. The highest BCUT2D eigenvalue weighted by atomic mass is 15.0. The van der Waals surface area contributed by atoms with Crippen LogP contribution in [0, 0.1) is 0 Å². The number of nitrogens with zero attached hydrogens (tertiary/aromatic N) is 2. The van der Waals surface area contributed by atoms with Gasteiger partial charge in [-0.2, -0.15) is 0 Å². The first-order valence-corrected chi connectivity index (χ1v) is 15.9. The fraction of sp³-hybridized carbons (Fsp3) is 0. The molecule has 0 fully saturated rings. The third-order valence-electron chi connectivity index (χ3n) is 10.2. The molecule has 0 radical (unpaired) electrons. The van der Waals surface area contributed by atoms with Gasteiger partial charge in [-0.1, -0.05) is 109 Å². The van der Waals surface area contributed by atoms with E-state index in [1.54, 1.807) is 0 Å². The summed E-state index contributed by atoms with van der Waals surface area (Å²) in [5.41, 5.74) is 9.95. The zero-order valence-corrected chi connectivity index (χ0v) is 24.9. The van der Waals surface area contributed by atoms with Gasteiger partial charge in [0.15, 0.2) is 0 Å². The minimum atomic E-state index is 1.18. The summed E-state index contributed by atoms with van der Waals surface area (Å²) in [5.74, 6) is 0. The summed E-state index contributed by atoms with van der Waals surface area (Å²) >= 11 is 0. The number of hydrogen-bond acceptors (Lipinski definition) is 0. The van der Waals surface area contributed by atoms with E-state index < -0.39 is 0 Å². The number of hydrogen-bond donors (Lipinski definition) is 0. The minimum Gasteiger partial charge on any atom is -0.309 e. The quantitative estimate of drug-likeness (QED) is 0.179. The van der Waals surface area contributed by atoms with Gasteiger partial charge in [-0.05, 0) is 81.2 Å². The smallest absolute Gasteiger partial charge is 0.0620 e. The fourth-order valence-corrected chi connectivity index (χ4v) is 8.18. The van der Waals surface area contributed by atoms with Gasteiger partial charge in [-0.25, -0.2) is 0 Å². The van der Waals surface area contributed by atoms with Crippen LogP contribution in [-0.2, 0) is 0 Å². The highest BCUT2D eigenvalue weighted by molar-refractivity contribution is 6.23. The molecule has 212 valence electrons. The molecule has 0 saturated heterocycles. The van der Waals surface area contributed by atoms with Crippen LogP contribution < -0.4 is 0 Å². The van der Waals surface area contributed by atoms with Crippen molar-refractivity contribution in [2.24, 2.45) is 0 Å². The highest BCUT2D eigenvalue weighted by Crippen LogP contribution is 2.41. The number of fused-ring (bicyclic) bond motifs is 12. The molecule has 46 heavy (non-hydrogen) atoms. The Kier molecular flexibility index (Phi) is 4.61. The third-order valence-corrected chi connectivity index (χ3v) is 10.2. The normalized spacial score (nSPS) is 12.3. The summed E-state index contributed by atoms with van der Waals surface area (Å²) in [5, 5.41) is 12.9. The van der Waals surface area contributed by atoms with Crippen molar-refractivity contribution in [3.8, 4) is 16.8 Å². The van der Waals surface area contributed by atoms with Gasteiger partial charge in [0.25, 0.3) is 0 Å². The van der Waals surface area contributed by atoms with Crippen molar-refractivity contribution in [1.29, 1.82) is 0 Å². The first-order chi connectivity index (χ1) is 22.8. The van der Waals surface area contributed by atoms with Gasteiger partial charge in [0.2, 0.25) is 0 Å². The molecule has 0 amide bonds. The molecule has 2 heteroatoms. The first kappa shape index (κ1) is 24.2. The Morgan fingerprint density at radius 1 is 0.304 bits per heavy atom. The molecule has 0 bridgehead atoms. The van der Waals surface area contributed by atoms with E-state index in [9.17, 15) is 0 Å².